The van der Waals surface area contributed by atoms with E-state index in [-0.39, 0.29) is 11.8 Å². The Morgan fingerprint density at radius 3 is 2.84 bits per heavy atom. The molecule has 2 N–H and O–H groups in total. The van der Waals surface area contributed by atoms with E-state index in [0.717, 1.165) is 36.2 Å². The fourth-order valence-corrected chi connectivity index (χ4v) is 3.04. The summed E-state index contributed by atoms with van der Waals surface area (Å²) in [6.45, 7) is 6.61. The van der Waals surface area contributed by atoms with Crippen molar-refractivity contribution in [1.29, 1.82) is 0 Å². The quantitative estimate of drug-likeness (QED) is 0.823. The summed E-state index contributed by atoms with van der Waals surface area (Å²) in [5.74, 6) is -0.262. The van der Waals surface area contributed by atoms with Crippen LogP contribution in [0.15, 0.2) is 36.9 Å². The van der Waals surface area contributed by atoms with Crippen molar-refractivity contribution in [3.05, 3.63) is 59.7 Å². The number of nitrogens with zero attached hydrogens (tertiary/aromatic N) is 2. The van der Waals surface area contributed by atoms with Gasteiger partial charge in [-0.3, -0.25) is 9.59 Å². The first-order valence-electron chi connectivity index (χ1n) is 8.47. The standard InChI is InChI=1S/C19H22N4O2/c1-3-11-20-18(24)16-15-10-6-7-12-23(15)17(22-16)19(25)21-14-9-5-4-8-13(14)2/h3-5,8-9H,1,6-7,10-12H2,2H3,(H,20,24)(H,21,25). The summed E-state index contributed by atoms with van der Waals surface area (Å²) >= 11 is 0. The van der Waals surface area contributed by atoms with Crippen LogP contribution >= 0.6 is 0 Å². The molecule has 0 fully saturated rings. The molecule has 2 heterocycles. The van der Waals surface area contributed by atoms with Crippen LogP contribution in [0.4, 0.5) is 5.69 Å². The second-order valence-electron chi connectivity index (χ2n) is 6.11. The first kappa shape index (κ1) is 17.0. The lowest BCUT2D eigenvalue weighted by Gasteiger charge is -2.17. The molecule has 1 aromatic carbocycles. The minimum atomic E-state index is -0.291. The van der Waals surface area contributed by atoms with Gasteiger partial charge in [0.25, 0.3) is 11.8 Å². The Kier molecular flexibility index (Phi) is 4.97. The van der Waals surface area contributed by atoms with Crippen molar-refractivity contribution >= 4 is 17.5 Å². The third kappa shape index (κ3) is 3.47. The van der Waals surface area contributed by atoms with Crippen LogP contribution in [0.2, 0.25) is 0 Å². The second-order valence-corrected chi connectivity index (χ2v) is 6.11. The Hall–Kier alpha value is -2.89. The normalized spacial score (nSPS) is 13.0. The molecule has 3 rings (SSSR count). The number of para-hydroxylation sites is 1. The average molecular weight is 338 g/mol. The summed E-state index contributed by atoms with van der Waals surface area (Å²) in [5.41, 5.74) is 2.91. The Morgan fingerprint density at radius 1 is 1.28 bits per heavy atom. The largest absolute Gasteiger partial charge is 0.347 e. The maximum Gasteiger partial charge on any atom is 0.291 e. The number of imidazole rings is 1. The van der Waals surface area contributed by atoms with E-state index in [2.05, 4.69) is 22.2 Å². The highest BCUT2D eigenvalue weighted by Crippen LogP contribution is 2.22. The van der Waals surface area contributed by atoms with E-state index in [4.69, 9.17) is 0 Å². The van der Waals surface area contributed by atoms with Gasteiger partial charge in [-0.2, -0.15) is 0 Å². The van der Waals surface area contributed by atoms with Gasteiger partial charge in [-0.05, 0) is 37.8 Å². The Labute approximate surface area is 147 Å². The van der Waals surface area contributed by atoms with Crippen LogP contribution < -0.4 is 10.6 Å². The number of aromatic nitrogens is 2. The Bertz CT molecular complexity index is 823. The molecule has 0 radical (unpaired) electrons. The number of hydrogen-bond donors (Lipinski definition) is 2. The van der Waals surface area contributed by atoms with Gasteiger partial charge in [-0.15, -0.1) is 6.58 Å². The molecule has 0 saturated heterocycles. The van der Waals surface area contributed by atoms with Gasteiger partial charge in [-0.25, -0.2) is 4.98 Å². The lowest BCUT2D eigenvalue weighted by molar-refractivity contribution is 0.0952. The molecule has 0 saturated carbocycles. The minimum absolute atomic E-state index is 0.263. The van der Waals surface area contributed by atoms with E-state index in [1.54, 1.807) is 6.08 Å². The highest BCUT2D eigenvalue weighted by molar-refractivity contribution is 6.04. The van der Waals surface area contributed by atoms with Crippen LogP contribution in [0.3, 0.4) is 0 Å². The Morgan fingerprint density at radius 2 is 2.08 bits per heavy atom. The van der Waals surface area contributed by atoms with E-state index in [0.29, 0.717) is 24.6 Å². The first-order valence-corrected chi connectivity index (χ1v) is 8.47. The molecule has 1 aromatic heterocycles. The van der Waals surface area contributed by atoms with E-state index >= 15 is 0 Å². The summed E-state index contributed by atoms with van der Waals surface area (Å²) in [4.78, 5) is 29.5. The van der Waals surface area contributed by atoms with Gasteiger partial charge >= 0.3 is 0 Å². The van der Waals surface area contributed by atoms with Crippen LogP contribution in [-0.2, 0) is 13.0 Å². The lowest BCUT2D eigenvalue weighted by Crippen LogP contribution is -2.25. The molecule has 6 nitrogen and oxygen atoms in total. The molecule has 25 heavy (non-hydrogen) atoms. The van der Waals surface area contributed by atoms with Gasteiger partial charge in [0.2, 0.25) is 0 Å². The predicted molar refractivity (Wildman–Crippen MR) is 96.8 cm³/mol. The first-order chi connectivity index (χ1) is 12.1. The van der Waals surface area contributed by atoms with Crippen molar-refractivity contribution in [3.8, 4) is 0 Å². The van der Waals surface area contributed by atoms with Crippen LogP contribution in [-0.4, -0.2) is 27.9 Å². The summed E-state index contributed by atoms with van der Waals surface area (Å²) in [5, 5.41) is 5.65. The maximum atomic E-state index is 12.7. The fourth-order valence-electron chi connectivity index (χ4n) is 3.04. The van der Waals surface area contributed by atoms with Gasteiger partial charge in [0.05, 0.1) is 5.69 Å². The van der Waals surface area contributed by atoms with Crippen molar-refractivity contribution in [1.82, 2.24) is 14.9 Å². The topological polar surface area (TPSA) is 76.0 Å². The Balaban J connectivity index is 1.92. The molecular weight excluding hydrogens is 316 g/mol. The maximum absolute atomic E-state index is 12.7. The predicted octanol–water partition coefficient (Wildman–Crippen LogP) is 2.70. The SMILES string of the molecule is C=CCNC(=O)c1nc(C(=O)Nc2ccccc2C)n2c1CCCC2. The zero-order chi connectivity index (χ0) is 17.8. The van der Waals surface area contributed by atoms with Crippen molar-refractivity contribution < 1.29 is 9.59 Å². The van der Waals surface area contributed by atoms with Crippen LogP contribution in [0.25, 0.3) is 0 Å². The summed E-state index contributed by atoms with van der Waals surface area (Å²) in [6.07, 6.45) is 4.34. The summed E-state index contributed by atoms with van der Waals surface area (Å²) < 4.78 is 1.87. The van der Waals surface area contributed by atoms with Gasteiger partial charge in [0.1, 0.15) is 5.69 Å². The monoisotopic (exact) mass is 338 g/mol. The smallest absolute Gasteiger partial charge is 0.291 e. The van der Waals surface area contributed by atoms with Gasteiger partial charge in [0.15, 0.2) is 5.82 Å². The van der Waals surface area contributed by atoms with Gasteiger partial charge in [-0.1, -0.05) is 24.3 Å². The molecule has 1 aliphatic rings. The minimum Gasteiger partial charge on any atom is -0.347 e. The molecule has 0 bridgehead atoms. The van der Waals surface area contributed by atoms with Crippen molar-refractivity contribution in [3.63, 3.8) is 0 Å². The third-order valence-electron chi connectivity index (χ3n) is 4.34. The van der Waals surface area contributed by atoms with E-state index < -0.39 is 0 Å². The number of nitrogens with one attached hydrogen (secondary N) is 2. The number of aryl methyl sites for hydroxylation is 1. The van der Waals surface area contributed by atoms with Crippen molar-refractivity contribution in [2.24, 2.45) is 0 Å². The number of hydrogen-bond acceptors (Lipinski definition) is 3. The van der Waals surface area contributed by atoms with Gasteiger partial charge < -0.3 is 15.2 Å². The van der Waals surface area contributed by atoms with Crippen molar-refractivity contribution in [2.45, 2.75) is 32.7 Å². The summed E-state index contributed by atoms with van der Waals surface area (Å²) in [7, 11) is 0. The highest BCUT2D eigenvalue weighted by Gasteiger charge is 2.27. The number of amides is 2. The van der Waals surface area contributed by atoms with Gasteiger partial charge in [0, 0.05) is 18.8 Å². The third-order valence-corrected chi connectivity index (χ3v) is 4.34. The number of anilines is 1. The summed E-state index contributed by atoms with van der Waals surface area (Å²) in [6, 6.07) is 7.58. The van der Waals surface area contributed by atoms with Crippen LogP contribution in [0, 0.1) is 6.92 Å². The molecule has 1 aliphatic heterocycles. The van der Waals surface area contributed by atoms with Crippen molar-refractivity contribution in [2.75, 3.05) is 11.9 Å². The van der Waals surface area contributed by atoms with E-state index in [9.17, 15) is 9.59 Å². The molecule has 0 spiro atoms. The molecular formula is C19H22N4O2. The lowest BCUT2D eigenvalue weighted by atomic mass is 10.1. The molecule has 130 valence electrons. The van der Waals surface area contributed by atoms with E-state index in [1.165, 1.54) is 0 Å². The molecule has 0 atom stereocenters. The second kappa shape index (κ2) is 7.34. The molecule has 0 unspecified atom stereocenters. The molecule has 2 aromatic rings. The fraction of sp³-hybridized carbons (Fsp3) is 0.316. The zero-order valence-corrected chi connectivity index (χ0v) is 14.3. The zero-order valence-electron chi connectivity index (χ0n) is 14.3. The number of carbonyl (C=O) groups excluding carboxylic acids is 2. The average Bonchev–Trinajstić information content (AvgIpc) is 3.01. The number of benzene rings is 1. The highest BCUT2D eigenvalue weighted by atomic mass is 16.2. The van der Waals surface area contributed by atoms with Crippen LogP contribution in [0.1, 0.15) is 45.2 Å². The molecule has 0 aliphatic carbocycles. The molecule has 2 amide bonds. The number of carbonyl (C=O) groups is 2. The number of rotatable bonds is 5. The number of fused-ring (bicyclic) bond motifs is 1. The molecule has 6 heteroatoms. The van der Waals surface area contributed by atoms with Crippen LogP contribution in [0.5, 0.6) is 0 Å². The van der Waals surface area contributed by atoms with E-state index in [1.807, 2.05) is 35.8 Å².